The Kier molecular flexibility index (Phi) is 6.51. The molecule has 7 nitrogen and oxygen atoms in total. The van der Waals surface area contributed by atoms with E-state index in [0.29, 0.717) is 51.7 Å². The molecule has 26 heavy (non-hydrogen) atoms. The average molecular weight is 365 g/mol. The van der Waals surface area contributed by atoms with Gasteiger partial charge in [0.25, 0.3) is 0 Å². The Morgan fingerprint density at radius 2 is 1.85 bits per heavy atom. The zero-order valence-corrected chi connectivity index (χ0v) is 15.8. The summed E-state index contributed by atoms with van der Waals surface area (Å²) in [5.74, 6) is -0.000864. The Bertz CT molecular complexity index is 533. The predicted octanol–water partition coefficient (Wildman–Crippen LogP) is 0.875. The molecule has 0 aromatic heterocycles. The maximum Gasteiger partial charge on any atom is 0.242 e. The van der Waals surface area contributed by atoms with Crippen molar-refractivity contribution in [3.63, 3.8) is 0 Å². The zero-order chi connectivity index (χ0) is 18.5. The minimum atomic E-state index is -0.196. The van der Waals surface area contributed by atoms with E-state index in [0.717, 1.165) is 12.8 Å². The highest BCUT2D eigenvalue weighted by atomic mass is 16.5. The fraction of sp³-hybridized carbons (Fsp3) is 0.842. The first-order valence-corrected chi connectivity index (χ1v) is 9.95. The standard InChI is InChI=1S/C19H31N3O4/c1-26-12-11-20-13-15(7-8-17(20)23)19(25)21-9-10-22(18(24)14-21)16-5-3-2-4-6-16/h15-16H,2-14H2,1H3. The van der Waals surface area contributed by atoms with Gasteiger partial charge in [0.05, 0.1) is 19.1 Å². The van der Waals surface area contributed by atoms with Gasteiger partial charge < -0.3 is 19.4 Å². The summed E-state index contributed by atoms with van der Waals surface area (Å²) in [6.45, 7) is 2.90. The van der Waals surface area contributed by atoms with Crippen molar-refractivity contribution in [2.45, 2.75) is 51.0 Å². The summed E-state index contributed by atoms with van der Waals surface area (Å²) in [5, 5.41) is 0. The molecule has 3 aliphatic rings. The number of piperidine rings is 1. The largest absolute Gasteiger partial charge is 0.383 e. The predicted molar refractivity (Wildman–Crippen MR) is 96.3 cm³/mol. The van der Waals surface area contributed by atoms with Crippen molar-refractivity contribution in [1.82, 2.24) is 14.7 Å². The monoisotopic (exact) mass is 365 g/mol. The molecule has 3 rings (SSSR count). The van der Waals surface area contributed by atoms with E-state index in [4.69, 9.17) is 4.74 Å². The molecule has 3 amide bonds. The van der Waals surface area contributed by atoms with Crippen molar-refractivity contribution in [2.75, 3.05) is 46.4 Å². The summed E-state index contributed by atoms with van der Waals surface area (Å²) in [7, 11) is 1.61. The Morgan fingerprint density at radius 1 is 1.08 bits per heavy atom. The highest BCUT2D eigenvalue weighted by Gasteiger charge is 2.37. The third-order valence-corrected chi connectivity index (χ3v) is 6.00. The van der Waals surface area contributed by atoms with E-state index in [1.807, 2.05) is 4.90 Å². The van der Waals surface area contributed by atoms with E-state index in [1.54, 1.807) is 16.9 Å². The maximum absolute atomic E-state index is 12.9. The third kappa shape index (κ3) is 4.37. The lowest BCUT2D eigenvalue weighted by molar-refractivity contribution is -0.152. The van der Waals surface area contributed by atoms with Crippen molar-refractivity contribution in [2.24, 2.45) is 5.92 Å². The molecule has 0 aromatic rings. The number of nitrogens with zero attached hydrogens (tertiary/aromatic N) is 3. The molecular weight excluding hydrogens is 334 g/mol. The average Bonchev–Trinajstić information content (AvgIpc) is 2.67. The first-order valence-electron chi connectivity index (χ1n) is 9.95. The maximum atomic E-state index is 12.9. The number of ether oxygens (including phenoxy) is 1. The van der Waals surface area contributed by atoms with E-state index < -0.39 is 0 Å². The lowest BCUT2D eigenvalue weighted by Gasteiger charge is -2.42. The van der Waals surface area contributed by atoms with Gasteiger partial charge in [0.1, 0.15) is 0 Å². The van der Waals surface area contributed by atoms with Crippen LogP contribution >= 0.6 is 0 Å². The highest BCUT2D eigenvalue weighted by Crippen LogP contribution is 2.25. The lowest BCUT2D eigenvalue weighted by Crippen LogP contribution is -2.57. The van der Waals surface area contributed by atoms with Crippen LogP contribution in [0.25, 0.3) is 0 Å². The number of rotatable bonds is 5. The number of amides is 3. The Morgan fingerprint density at radius 3 is 2.54 bits per heavy atom. The molecule has 1 aliphatic carbocycles. The molecule has 0 radical (unpaired) electrons. The van der Waals surface area contributed by atoms with Crippen LogP contribution in [0.1, 0.15) is 44.9 Å². The van der Waals surface area contributed by atoms with Gasteiger partial charge in [-0.05, 0) is 19.3 Å². The molecule has 2 aliphatic heterocycles. The van der Waals surface area contributed by atoms with E-state index in [-0.39, 0.29) is 30.2 Å². The second-order valence-corrected chi connectivity index (χ2v) is 7.71. The Labute approximate surface area is 155 Å². The molecule has 0 N–H and O–H groups in total. The van der Waals surface area contributed by atoms with Crippen molar-refractivity contribution in [3.05, 3.63) is 0 Å². The number of likely N-dealkylation sites (tertiary alicyclic amines) is 1. The van der Waals surface area contributed by atoms with Crippen LogP contribution in [0.15, 0.2) is 0 Å². The molecule has 0 aromatic carbocycles. The minimum Gasteiger partial charge on any atom is -0.383 e. The molecule has 0 spiro atoms. The molecule has 1 unspecified atom stereocenters. The smallest absolute Gasteiger partial charge is 0.242 e. The van der Waals surface area contributed by atoms with Gasteiger partial charge in [-0.15, -0.1) is 0 Å². The van der Waals surface area contributed by atoms with Crippen molar-refractivity contribution >= 4 is 17.7 Å². The quantitative estimate of drug-likeness (QED) is 0.725. The fourth-order valence-corrected chi connectivity index (χ4v) is 4.45. The molecule has 1 atom stereocenters. The zero-order valence-electron chi connectivity index (χ0n) is 15.8. The summed E-state index contributed by atoms with van der Waals surface area (Å²) in [6, 6.07) is 0.366. The molecular formula is C19H31N3O4. The van der Waals surface area contributed by atoms with Crippen LogP contribution < -0.4 is 0 Å². The number of hydrogen-bond acceptors (Lipinski definition) is 4. The highest BCUT2D eigenvalue weighted by molar-refractivity contribution is 5.88. The second-order valence-electron chi connectivity index (χ2n) is 7.71. The Hall–Kier alpha value is -1.63. The summed E-state index contributed by atoms with van der Waals surface area (Å²) < 4.78 is 5.05. The normalized spacial score (nSPS) is 25.7. The van der Waals surface area contributed by atoms with Gasteiger partial charge in [-0.1, -0.05) is 19.3 Å². The van der Waals surface area contributed by atoms with Crippen LogP contribution in [0.5, 0.6) is 0 Å². The van der Waals surface area contributed by atoms with E-state index in [2.05, 4.69) is 0 Å². The summed E-state index contributed by atoms with van der Waals surface area (Å²) in [6.07, 6.45) is 6.84. The third-order valence-electron chi connectivity index (χ3n) is 6.00. The van der Waals surface area contributed by atoms with Gasteiger partial charge in [0.15, 0.2) is 0 Å². The van der Waals surface area contributed by atoms with Crippen LogP contribution in [-0.2, 0) is 19.1 Å². The van der Waals surface area contributed by atoms with Crippen LogP contribution in [0.4, 0.5) is 0 Å². The topological polar surface area (TPSA) is 70.2 Å². The van der Waals surface area contributed by atoms with Gasteiger partial charge in [0.2, 0.25) is 17.7 Å². The molecule has 2 heterocycles. The number of carbonyl (C=O) groups excluding carboxylic acids is 3. The van der Waals surface area contributed by atoms with E-state index in [1.165, 1.54) is 19.3 Å². The molecule has 3 fully saturated rings. The summed E-state index contributed by atoms with van der Waals surface area (Å²) >= 11 is 0. The number of piperazine rings is 1. The molecule has 1 saturated carbocycles. The van der Waals surface area contributed by atoms with Crippen molar-refractivity contribution < 1.29 is 19.1 Å². The summed E-state index contributed by atoms with van der Waals surface area (Å²) in [4.78, 5) is 42.9. The van der Waals surface area contributed by atoms with Crippen LogP contribution in [0.3, 0.4) is 0 Å². The fourth-order valence-electron chi connectivity index (χ4n) is 4.45. The molecule has 0 bridgehead atoms. The van der Waals surface area contributed by atoms with Crippen LogP contribution in [-0.4, -0.2) is 84.9 Å². The number of carbonyl (C=O) groups is 3. The minimum absolute atomic E-state index is 0.0246. The number of methoxy groups -OCH3 is 1. The van der Waals surface area contributed by atoms with Crippen molar-refractivity contribution in [3.8, 4) is 0 Å². The van der Waals surface area contributed by atoms with E-state index >= 15 is 0 Å². The van der Waals surface area contributed by atoms with Gasteiger partial charge in [-0.25, -0.2) is 0 Å². The first-order chi connectivity index (χ1) is 12.6. The molecule has 7 heteroatoms. The number of hydrogen-bond donors (Lipinski definition) is 0. The van der Waals surface area contributed by atoms with Crippen molar-refractivity contribution in [1.29, 1.82) is 0 Å². The second kappa shape index (κ2) is 8.84. The molecule has 146 valence electrons. The Balaban J connectivity index is 1.53. The van der Waals surface area contributed by atoms with Crippen LogP contribution in [0.2, 0.25) is 0 Å². The van der Waals surface area contributed by atoms with Gasteiger partial charge in [-0.2, -0.15) is 0 Å². The van der Waals surface area contributed by atoms with E-state index in [9.17, 15) is 14.4 Å². The van der Waals surface area contributed by atoms with Gasteiger partial charge in [-0.3, -0.25) is 14.4 Å². The van der Waals surface area contributed by atoms with Gasteiger partial charge in [0, 0.05) is 45.8 Å². The van der Waals surface area contributed by atoms with Gasteiger partial charge >= 0.3 is 0 Å². The SMILES string of the molecule is COCCN1CC(C(=O)N2CCN(C3CCCCC3)C(=O)C2)CCC1=O. The summed E-state index contributed by atoms with van der Waals surface area (Å²) in [5.41, 5.74) is 0. The lowest BCUT2D eigenvalue weighted by atomic mass is 9.93. The molecule has 2 saturated heterocycles. The van der Waals surface area contributed by atoms with Crippen LogP contribution in [0, 0.1) is 5.92 Å². The first kappa shape index (κ1) is 19.1.